The molecule has 26 nitrogen and oxygen atoms in total. The normalized spacial score (nSPS) is 12.0. The van der Waals surface area contributed by atoms with E-state index in [2.05, 4.69) is 40.9 Å². The monoisotopic (exact) mass is 1190 g/mol. The van der Waals surface area contributed by atoms with E-state index in [4.69, 9.17) is 19.9 Å². The Labute approximate surface area is 526 Å². The van der Waals surface area contributed by atoms with E-state index in [1.165, 1.54) is 82.0 Å². The summed E-state index contributed by atoms with van der Waals surface area (Å²) in [6.45, 7) is 1.64. The Hall–Kier alpha value is -6.52. The van der Waals surface area contributed by atoms with Gasteiger partial charge >= 0.3 is 94.6 Å². The fraction of sp³-hybridized carbons (Fsp3) is 0.0816. The number of nitrogens with two attached hydrogens (primary N) is 1. The Balaban J connectivity index is 0.00000401. The molecule has 0 atom stereocenters. The average molecular weight is 1190 g/mol. The summed E-state index contributed by atoms with van der Waals surface area (Å²) in [4.78, 5) is 8.80. The van der Waals surface area contributed by atoms with Gasteiger partial charge in [0.2, 0.25) is 0 Å². The maximum atomic E-state index is 14.1. The van der Waals surface area contributed by atoms with Crippen LogP contribution in [0.2, 0.25) is 0 Å². The molecule has 0 bridgehead atoms. The van der Waals surface area contributed by atoms with Crippen molar-refractivity contribution in [1.29, 1.82) is 0 Å². The number of carboxylic acid groups (broad SMARTS) is 1. The second-order valence-electron chi connectivity index (χ2n) is 16.4. The number of rotatable bonds is 16. The van der Waals surface area contributed by atoms with Crippen LogP contribution in [0.25, 0.3) is 32.7 Å². The van der Waals surface area contributed by atoms with Crippen molar-refractivity contribution >= 4 is 109 Å². The molecule has 0 radical (unpaired) electrons. The number of ether oxygens (including phenoxy) is 3. The van der Waals surface area contributed by atoms with E-state index >= 15 is 0 Å². The van der Waals surface area contributed by atoms with E-state index in [0.717, 1.165) is 42.5 Å². The molecule has 0 aliphatic rings. The van der Waals surface area contributed by atoms with E-state index in [-0.39, 0.29) is 167 Å². The van der Waals surface area contributed by atoms with Crippen LogP contribution in [0.4, 0.5) is 51.2 Å². The fourth-order valence-corrected chi connectivity index (χ4v) is 9.44. The maximum absolute atomic E-state index is 14.1. The number of aryl methyl sites for hydroxylation is 1. The number of hydrogen-bond donors (Lipinski definition) is 5. The van der Waals surface area contributed by atoms with Crippen molar-refractivity contribution in [3.05, 3.63) is 120 Å². The quantitative estimate of drug-likeness (QED) is 0.0388. The third-order valence-electron chi connectivity index (χ3n) is 11.5. The van der Waals surface area contributed by atoms with Gasteiger partial charge in [-0.25, -0.2) is 4.79 Å². The van der Waals surface area contributed by atoms with Gasteiger partial charge in [0.25, 0.3) is 30.4 Å². The van der Waals surface area contributed by atoms with E-state index in [1.54, 1.807) is 13.0 Å². The molecule has 0 aliphatic carbocycles. The molecule has 6 N–H and O–H groups in total. The van der Waals surface area contributed by atoms with Gasteiger partial charge in [-0.1, -0.05) is 41.5 Å². The van der Waals surface area contributed by atoms with Gasteiger partial charge in [-0.3, -0.25) is 13.7 Å². The molecular weight excluding hydrogens is 1150 g/mol. The first-order chi connectivity index (χ1) is 36.8. The first-order valence-electron chi connectivity index (χ1n) is 21.8. The molecule has 81 heavy (non-hydrogen) atoms. The van der Waals surface area contributed by atoms with E-state index in [0.29, 0.717) is 16.7 Å². The van der Waals surface area contributed by atoms with Crippen molar-refractivity contribution in [3.63, 3.8) is 0 Å². The van der Waals surface area contributed by atoms with Gasteiger partial charge in [0, 0.05) is 17.5 Å². The number of aromatic carboxylic acids is 1. The molecule has 0 saturated heterocycles. The van der Waals surface area contributed by atoms with Crippen LogP contribution in [0, 0.1) is 6.92 Å². The molecule has 8 aromatic rings. The second-order valence-corrected chi connectivity index (χ2v) is 20.6. The summed E-state index contributed by atoms with van der Waals surface area (Å²) in [5.74, 6) is -3.87. The molecule has 0 fully saturated rings. The minimum atomic E-state index is -5.22. The van der Waals surface area contributed by atoms with Crippen LogP contribution < -0.4 is 124 Å². The van der Waals surface area contributed by atoms with Crippen molar-refractivity contribution in [2.45, 2.75) is 21.6 Å². The number of azo groups is 4. The Kier molecular flexibility index (Phi) is 21.1. The first kappa shape index (κ1) is 65.3. The first-order valence-corrected chi connectivity index (χ1v) is 26.2. The largest absolute Gasteiger partial charge is 1.00 e. The fourth-order valence-electron chi connectivity index (χ4n) is 7.63. The maximum Gasteiger partial charge on any atom is 1.00 e. The van der Waals surface area contributed by atoms with Gasteiger partial charge in [-0.05, 0) is 113 Å². The van der Waals surface area contributed by atoms with Gasteiger partial charge in [-0.2, -0.15) is 40.6 Å². The molecule has 0 heterocycles. The third kappa shape index (κ3) is 14.4. The number of anilines is 1. The molecule has 0 aliphatic heterocycles. The molecule has 0 saturated carbocycles. The number of nitrogen functional groups attached to an aromatic ring is 1. The zero-order valence-electron chi connectivity index (χ0n) is 43.4. The standard InChI is InChI=1S/C49H39N9O17S3.3Na/c1-23-13-38(41(75-4)22-37(23)54-51-27-6-12-39(59)34(20-27)49(62)63)55-56-44-33-21-43(78(70,71)72)46(48(61)32(33)9-10-35(44)50)57-52-28-14-25(15-29(19-28)73-2)24-5-11-36(40(17-24)74-3)53-58-45-42(77(67,68)69)18-26-16-30(76(64,65)66)7-8-31(26)47(45)60;;;/h5-22,59-61H,50H2,1-4H3,(H,62,63)(H,64,65,66)(H,67,68,69)(H,70,71,72);;;/q;3*+1/p-3. The summed E-state index contributed by atoms with van der Waals surface area (Å²) in [5.41, 5.74) is 5.61. The predicted molar refractivity (Wildman–Crippen MR) is 273 cm³/mol. The van der Waals surface area contributed by atoms with E-state index in [1.807, 2.05) is 0 Å². The second kappa shape index (κ2) is 26.2. The number of carboxylic acids is 1. The summed E-state index contributed by atoms with van der Waals surface area (Å²) in [6.07, 6.45) is 0. The van der Waals surface area contributed by atoms with Crippen LogP contribution in [-0.4, -0.2) is 71.3 Å². The van der Waals surface area contributed by atoms with Crippen LogP contribution in [0.1, 0.15) is 15.9 Å². The Morgan fingerprint density at radius 3 is 1.72 bits per heavy atom. The number of nitrogens with zero attached hydrogens (tertiary/aromatic N) is 8. The van der Waals surface area contributed by atoms with Crippen LogP contribution in [-0.2, 0) is 30.4 Å². The number of benzene rings is 8. The molecule has 0 amide bonds. The third-order valence-corrected chi connectivity index (χ3v) is 14.0. The number of fused-ring (bicyclic) bond motifs is 2. The molecular formula is C49H36N9Na3O17S3. The Morgan fingerprint density at radius 1 is 0.506 bits per heavy atom. The summed E-state index contributed by atoms with van der Waals surface area (Å²) in [6, 6.07) is 22.2. The number of hydrogen-bond acceptors (Lipinski definition) is 22. The topological polar surface area (TPSA) is 422 Å². The zero-order chi connectivity index (χ0) is 56.6. The van der Waals surface area contributed by atoms with Gasteiger partial charge in [0.05, 0.1) is 65.9 Å². The molecule has 0 unspecified atom stereocenters. The SMILES string of the molecule is COc1cc(N=Nc2c(S(=O)(=O)O)cc3c(N=Nc4cc(C)c(N=Nc5ccc([O-])c(C(=O)O)c5)cc4OC)c(N)ccc3c2[O-])cc(-c2ccc(N=Nc3c(S(=O)(=O)O)cc4cc(S(=O)(=O)O)ccc4c3[O-])c(OC)c2)c1.[Na+].[Na+].[Na+]. The summed E-state index contributed by atoms with van der Waals surface area (Å²) < 4.78 is 120. The molecule has 0 aromatic heterocycles. The van der Waals surface area contributed by atoms with Crippen LogP contribution in [0.5, 0.6) is 34.5 Å². The van der Waals surface area contributed by atoms with Crippen molar-refractivity contribution in [2.75, 3.05) is 27.1 Å². The Bertz CT molecular complexity index is 4320. The minimum Gasteiger partial charge on any atom is -0.872 e. The Morgan fingerprint density at radius 2 is 1.09 bits per heavy atom. The average Bonchev–Trinajstić information content (AvgIpc) is 3.38. The summed E-state index contributed by atoms with van der Waals surface area (Å²) in [7, 11) is -11.2. The number of carbonyl (C=O) groups is 1. The number of methoxy groups -OCH3 is 3. The molecule has 8 aromatic carbocycles. The van der Waals surface area contributed by atoms with Crippen LogP contribution in [0.15, 0.2) is 165 Å². The van der Waals surface area contributed by atoms with Crippen LogP contribution >= 0.6 is 0 Å². The zero-order valence-corrected chi connectivity index (χ0v) is 51.8. The molecule has 0 spiro atoms. The van der Waals surface area contributed by atoms with Gasteiger partial charge in [-0.15, -0.1) is 25.6 Å². The molecule has 400 valence electrons. The van der Waals surface area contributed by atoms with Crippen molar-refractivity contribution < 1.29 is 167 Å². The van der Waals surface area contributed by atoms with Crippen LogP contribution in [0.3, 0.4) is 0 Å². The predicted octanol–water partition coefficient (Wildman–Crippen LogP) is 0.909. The summed E-state index contributed by atoms with van der Waals surface area (Å²) in [5, 5.41) is 80.7. The van der Waals surface area contributed by atoms with Gasteiger partial charge in [0.15, 0.2) is 0 Å². The minimum absolute atomic E-state index is 0. The molecule has 32 heteroatoms. The smallest absolute Gasteiger partial charge is 0.872 e. The summed E-state index contributed by atoms with van der Waals surface area (Å²) >= 11 is 0. The van der Waals surface area contributed by atoms with E-state index in [9.17, 15) is 64.1 Å². The van der Waals surface area contributed by atoms with Crippen molar-refractivity contribution in [2.24, 2.45) is 40.9 Å². The van der Waals surface area contributed by atoms with Crippen molar-refractivity contribution in [1.82, 2.24) is 0 Å². The van der Waals surface area contributed by atoms with E-state index < -0.39 is 85.2 Å². The molecule has 8 rings (SSSR count). The van der Waals surface area contributed by atoms with Gasteiger partial charge in [0.1, 0.15) is 44.1 Å². The van der Waals surface area contributed by atoms with Gasteiger partial charge < -0.3 is 40.4 Å². The van der Waals surface area contributed by atoms with Crippen molar-refractivity contribution in [3.8, 4) is 45.6 Å².